The number of hydrogen-bond acceptors (Lipinski definition) is 3. The lowest BCUT2D eigenvalue weighted by Gasteiger charge is -2.48. The van der Waals surface area contributed by atoms with E-state index in [2.05, 4.69) is 0 Å². The number of ether oxygens (including phenoxy) is 1. The molecule has 1 saturated heterocycles. The van der Waals surface area contributed by atoms with Gasteiger partial charge in [0.05, 0.1) is 6.61 Å². The number of aliphatic hydroxyl groups is 1. The van der Waals surface area contributed by atoms with Crippen molar-refractivity contribution in [1.29, 1.82) is 0 Å². The van der Waals surface area contributed by atoms with Crippen LogP contribution in [-0.4, -0.2) is 23.3 Å². The summed E-state index contributed by atoms with van der Waals surface area (Å²) in [5.41, 5.74) is -0.0628. The molecule has 3 heteroatoms. The van der Waals surface area contributed by atoms with E-state index in [1.165, 1.54) is 19.3 Å². The molecule has 3 aliphatic carbocycles. The molecule has 4 fully saturated rings. The molecule has 0 aromatic rings. The molecule has 4 rings (SSSR count). The van der Waals surface area contributed by atoms with E-state index in [1.54, 1.807) is 0 Å². The molecule has 3 nitrogen and oxygen atoms in total. The van der Waals surface area contributed by atoms with Crippen molar-refractivity contribution in [2.45, 2.75) is 63.6 Å². The number of rotatable bonds is 0. The number of fused-ring (bicyclic) bond motifs is 1. The van der Waals surface area contributed by atoms with Gasteiger partial charge in [-0.1, -0.05) is 6.42 Å². The van der Waals surface area contributed by atoms with Crippen LogP contribution in [0.15, 0.2) is 0 Å². The van der Waals surface area contributed by atoms with E-state index in [-0.39, 0.29) is 10.8 Å². The van der Waals surface area contributed by atoms with Gasteiger partial charge in [-0.3, -0.25) is 4.79 Å². The Bertz CT molecular complexity index is 407. The maximum absolute atomic E-state index is 12.7. The van der Waals surface area contributed by atoms with Gasteiger partial charge in [0.1, 0.15) is 5.78 Å². The van der Waals surface area contributed by atoms with Gasteiger partial charge in [-0.15, -0.1) is 0 Å². The van der Waals surface area contributed by atoms with E-state index in [0.717, 1.165) is 25.7 Å². The second-order valence-corrected chi connectivity index (χ2v) is 7.03. The topological polar surface area (TPSA) is 46.5 Å². The number of hydrogen-bond donors (Lipinski definition) is 1. The van der Waals surface area contributed by atoms with Crippen LogP contribution in [0.3, 0.4) is 0 Å². The molecular formula is C15H22O3. The van der Waals surface area contributed by atoms with Gasteiger partial charge in [-0.05, 0) is 43.4 Å². The summed E-state index contributed by atoms with van der Waals surface area (Å²) in [5, 5.41) is 10.6. The molecule has 18 heavy (non-hydrogen) atoms. The van der Waals surface area contributed by atoms with Crippen LogP contribution in [0.5, 0.6) is 0 Å². The third-order valence-electron chi connectivity index (χ3n) is 6.54. The van der Waals surface area contributed by atoms with Gasteiger partial charge in [-0.25, -0.2) is 0 Å². The molecule has 1 heterocycles. The summed E-state index contributed by atoms with van der Waals surface area (Å²) in [4.78, 5) is 12.7. The molecule has 1 aliphatic heterocycles. The van der Waals surface area contributed by atoms with E-state index >= 15 is 0 Å². The lowest BCUT2D eigenvalue weighted by molar-refractivity contribution is -0.230. The Labute approximate surface area is 108 Å². The molecule has 0 aromatic carbocycles. The highest BCUT2D eigenvalue weighted by Crippen LogP contribution is 2.70. The van der Waals surface area contributed by atoms with Gasteiger partial charge in [0.2, 0.25) is 0 Å². The first-order valence-corrected chi connectivity index (χ1v) is 7.50. The summed E-state index contributed by atoms with van der Waals surface area (Å²) < 4.78 is 5.75. The van der Waals surface area contributed by atoms with Crippen molar-refractivity contribution in [3.05, 3.63) is 0 Å². The lowest BCUT2D eigenvalue weighted by atomic mass is 9.55. The van der Waals surface area contributed by atoms with E-state index in [9.17, 15) is 9.90 Å². The SMILES string of the molecule is O=C1C[C@H]2CCC[C@]23CCO[C@@]2(O)CCC[C@@]13C2. The van der Waals surface area contributed by atoms with Gasteiger partial charge in [-0.2, -0.15) is 0 Å². The summed E-state index contributed by atoms with van der Waals surface area (Å²) in [6.07, 6.45) is 8.65. The first-order chi connectivity index (χ1) is 8.60. The number of carbonyl (C=O) groups is 1. The van der Waals surface area contributed by atoms with Crippen LogP contribution in [0.1, 0.15) is 57.8 Å². The van der Waals surface area contributed by atoms with Crippen LogP contribution < -0.4 is 0 Å². The molecule has 0 unspecified atom stereocenters. The molecule has 0 aromatic heterocycles. The zero-order valence-corrected chi connectivity index (χ0v) is 10.9. The van der Waals surface area contributed by atoms with Gasteiger partial charge < -0.3 is 9.84 Å². The van der Waals surface area contributed by atoms with Crippen molar-refractivity contribution in [2.75, 3.05) is 6.61 Å². The average Bonchev–Trinajstić information content (AvgIpc) is 2.77. The third kappa shape index (κ3) is 1.16. The summed E-state index contributed by atoms with van der Waals surface area (Å²) in [6.45, 7) is 0.641. The lowest BCUT2D eigenvalue weighted by Crippen LogP contribution is -2.50. The molecule has 3 saturated carbocycles. The van der Waals surface area contributed by atoms with Crippen LogP contribution in [0.25, 0.3) is 0 Å². The molecule has 100 valence electrons. The second-order valence-electron chi connectivity index (χ2n) is 7.03. The number of ketones is 1. The fraction of sp³-hybridized carbons (Fsp3) is 0.933. The Kier molecular flexibility index (Phi) is 2.14. The molecule has 0 radical (unpaired) electrons. The number of carbonyl (C=O) groups excluding carboxylic acids is 1. The minimum Gasteiger partial charge on any atom is -0.365 e. The molecule has 2 spiro atoms. The predicted molar refractivity (Wildman–Crippen MR) is 65.8 cm³/mol. The Morgan fingerprint density at radius 1 is 1.17 bits per heavy atom. The van der Waals surface area contributed by atoms with Crippen LogP contribution >= 0.6 is 0 Å². The Morgan fingerprint density at radius 3 is 2.94 bits per heavy atom. The van der Waals surface area contributed by atoms with Gasteiger partial charge in [0, 0.05) is 24.7 Å². The van der Waals surface area contributed by atoms with E-state index in [4.69, 9.17) is 4.74 Å². The smallest absolute Gasteiger partial charge is 0.166 e. The minimum atomic E-state index is -1.01. The van der Waals surface area contributed by atoms with Gasteiger partial charge in [0.15, 0.2) is 5.79 Å². The Balaban J connectivity index is 1.86. The number of Topliss-reactive ketones (excluding diaryl/α,β-unsaturated/α-hetero) is 1. The maximum Gasteiger partial charge on any atom is 0.166 e. The maximum atomic E-state index is 12.7. The third-order valence-corrected chi connectivity index (χ3v) is 6.54. The van der Waals surface area contributed by atoms with Crippen molar-refractivity contribution in [1.82, 2.24) is 0 Å². The van der Waals surface area contributed by atoms with Crippen LogP contribution in [0, 0.1) is 16.7 Å². The molecular weight excluding hydrogens is 228 g/mol. The molecule has 0 amide bonds. The first-order valence-electron chi connectivity index (χ1n) is 7.50. The highest BCUT2D eigenvalue weighted by molar-refractivity contribution is 5.89. The Hall–Kier alpha value is -0.410. The zero-order valence-electron chi connectivity index (χ0n) is 10.9. The van der Waals surface area contributed by atoms with Crippen LogP contribution in [0.2, 0.25) is 0 Å². The average molecular weight is 250 g/mol. The standard InChI is InChI=1S/C15H22O3/c16-12-9-11-3-1-4-13(11)7-8-18-15(17)6-2-5-14(12,13)10-15/h11,17H,1-10H2/t11-,13+,14-,15+/m1/s1. The van der Waals surface area contributed by atoms with Gasteiger partial charge >= 0.3 is 0 Å². The van der Waals surface area contributed by atoms with Crippen molar-refractivity contribution in [3.63, 3.8) is 0 Å². The summed E-state index contributed by atoms with van der Waals surface area (Å²) in [6, 6.07) is 0. The predicted octanol–water partition coefficient (Wildman–Crippen LogP) is 2.42. The molecule has 4 aliphatic rings. The van der Waals surface area contributed by atoms with E-state index < -0.39 is 5.79 Å². The van der Waals surface area contributed by atoms with Crippen LogP contribution in [0.4, 0.5) is 0 Å². The molecule has 1 N–H and O–H groups in total. The van der Waals surface area contributed by atoms with Crippen molar-refractivity contribution in [3.8, 4) is 0 Å². The highest BCUT2D eigenvalue weighted by Gasteiger charge is 2.69. The fourth-order valence-corrected chi connectivity index (χ4v) is 5.86. The van der Waals surface area contributed by atoms with E-state index in [0.29, 0.717) is 31.1 Å². The quantitative estimate of drug-likeness (QED) is 0.718. The molecule has 2 bridgehead atoms. The van der Waals surface area contributed by atoms with Crippen molar-refractivity contribution in [2.24, 2.45) is 16.7 Å². The monoisotopic (exact) mass is 250 g/mol. The first kappa shape index (κ1) is 11.4. The summed E-state index contributed by atoms with van der Waals surface area (Å²) in [5.74, 6) is 0.0133. The summed E-state index contributed by atoms with van der Waals surface area (Å²) >= 11 is 0. The second kappa shape index (κ2) is 3.37. The molecule has 4 atom stereocenters. The van der Waals surface area contributed by atoms with E-state index in [1.807, 2.05) is 0 Å². The highest BCUT2D eigenvalue weighted by atomic mass is 16.6. The van der Waals surface area contributed by atoms with Gasteiger partial charge in [0.25, 0.3) is 0 Å². The normalized spacial score (nSPS) is 54.9. The fourth-order valence-electron chi connectivity index (χ4n) is 5.86. The largest absolute Gasteiger partial charge is 0.365 e. The van der Waals surface area contributed by atoms with Crippen LogP contribution in [-0.2, 0) is 9.53 Å². The van der Waals surface area contributed by atoms with Crippen molar-refractivity contribution >= 4 is 5.78 Å². The summed E-state index contributed by atoms with van der Waals surface area (Å²) in [7, 11) is 0. The zero-order chi connectivity index (χ0) is 12.4. The Morgan fingerprint density at radius 2 is 2.06 bits per heavy atom. The van der Waals surface area contributed by atoms with Crippen molar-refractivity contribution < 1.29 is 14.6 Å². The minimum absolute atomic E-state index is 0.176.